The number of methoxy groups -OCH3 is 1. The van der Waals surface area contributed by atoms with Crippen molar-refractivity contribution in [3.63, 3.8) is 0 Å². The van der Waals surface area contributed by atoms with Crippen LogP contribution in [-0.4, -0.2) is 18.1 Å². The fraction of sp³-hybridized carbons (Fsp3) is 0.333. The molecule has 0 atom stereocenters. The van der Waals surface area contributed by atoms with Gasteiger partial charge in [0.15, 0.2) is 0 Å². The molecule has 0 radical (unpaired) electrons. The third-order valence-electron chi connectivity index (χ3n) is 1.97. The fourth-order valence-corrected chi connectivity index (χ4v) is 1.18. The summed E-state index contributed by atoms with van der Waals surface area (Å²) in [6.45, 7) is 0. The zero-order valence-corrected chi connectivity index (χ0v) is 8.34. The molecule has 1 rings (SSSR count). The van der Waals surface area contributed by atoms with Crippen molar-refractivity contribution in [1.29, 1.82) is 0 Å². The van der Waals surface area contributed by atoms with Gasteiger partial charge in [0.1, 0.15) is 0 Å². The first-order valence-electron chi connectivity index (χ1n) is 4.25. The van der Waals surface area contributed by atoms with E-state index in [2.05, 4.69) is 9.72 Å². The third-order valence-corrected chi connectivity index (χ3v) is 1.97. The molecule has 0 aliphatic heterocycles. The molecular formula is C9H9F3N2O2. The fourth-order valence-electron chi connectivity index (χ4n) is 1.18. The maximum atomic E-state index is 12.9. The average Bonchev–Trinajstić information content (AvgIpc) is 2.23. The maximum absolute atomic E-state index is 12.9. The summed E-state index contributed by atoms with van der Waals surface area (Å²) in [7, 11) is 1.12. The summed E-state index contributed by atoms with van der Waals surface area (Å²) >= 11 is 0. The summed E-state index contributed by atoms with van der Waals surface area (Å²) < 4.78 is 42.4. The van der Waals surface area contributed by atoms with Gasteiger partial charge in [0.25, 0.3) is 6.43 Å². The van der Waals surface area contributed by atoms with Crippen LogP contribution in [0, 0.1) is 5.95 Å². The van der Waals surface area contributed by atoms with Crippen molar-refractivity contribution in [3.8, 4) is 0 Å². The zero-order chi connectivity index (χ0) is 12.3. The Morgan fingerprint density at radius 1 is 1.62 bits per heavy atom. The molecule has 1 aromatic rings. The van der Waals surface area contributed by atoms with Crippen molar-refractivity contribution in [2.75, 3.05) is 12.8 Å². The van der Waals surface area contributed by atoms with Crippen LogP contribution in [0.15, 0.2) is 6.20 Å². The third kappa shape index (κ3) is 2.41. The number of rotatable bonds is 3. The number of hydrogen-bond donors (Lipinski definition) is 1. The second kappa shape index (κ2) is 4.82. The van der Waals surface area contributed by atoms with E-state index in [9.17, 15) is 18.0 Å². The van der Waals surface area contributed by atoms with Gasteiger partial charge in [0.05, 0.1) is 24.8 Å². The van der Waals surface area contributed by atoms with Gasteiger partial charge in [-0.25, -0.2) is 13.8 Å². The zero-order valence-electron chi connectivity index (χ0n) is 8.34. The van der Waals surface area contributed by atoms with E-state index in [0.29, 0.717) is 0 Å². The van der Waals surface area contributed by atoms with Gasteiger partial charge in [-0.05, 0) is 5.56 Å². The van der Waals surface area contributed by atoms with Crippen LogP contribution in [0.1, 0.15) is 17.6 Å². The summed E-state index contributed by atoms with van der Waals surface area (Å²) in [5.41, 5.74) is 3.54. The molecule has 0 amide bonds. The Balaban J connectivity index is 3.18. The number of esters is 1. The van der Waals surface area contributed by atoms with Gasteiger partial charge in [-0.15, -0.1) is 0 Å². The Morgan fingerprint density at radius 3 is 2.75 bits per heavy atom. The highest BCUT2D eigenvalue weighted by molar-refractivity contribution is 5.73. The lowest BCUT2D eigenvalue weighted by atomic mass is 10.1. The number of aromatic nitrogens is 1. The standard InChI is InChI=1S/C9H9F3N2O2/c1-16-5(15)2-4-3-14-9(12)7(13)6(4)8(10)11/h3,8H,2,13H2,1H3. The minimum absolute atomic E-state index is 0.138. The van der Waals surface area contributed by atoms with E-state index < -0.39 is 36.0 Å². The maximum Gasteiger partial charge on any atom is 0.310 e. The second-order valence-electron chi connectivity index (χ2n) is 2.96. The molecule has 88 valence electrons. The Hall–Kier alpha value is -1.79. The predicted molar refractivity (Wildman–Crippen MR) is 49.3 cm³/mol. The van der Waals surface area contributed by atoms with Crippen molar-refractivity contribution in [1.82, 2.24) is 4.98 Å². The highest BCUT2D eigenvalue weighted by Gasteiger charge is 2.22. The normalized spacial score (nSPS) is 10.6. The lowest BCUT2D eigenvalue weighted by Gasteiger charge is -2.10. The molecule has 1 heterocycles. The summed E-state index contributed by atoms with van der Waals surface area (Å²) in [4.78, 5) is 14.1. The molecule has 0 spiro atoms. The topological polar surface area (TPSA) is 65.2 Å². The van der Waals surface area contributed by atoms with Crippen molar-refractivity contribution < 1.29 is 22.7 Å². The highest BCUT2D eigenvalue weighted by Crippen LogP contribution is 2.29. The Morgan fingerprint density at radius 2 is 2.25 bits per heavy atom. The smallest absolute Gasteiger partial charge is 0.310 e. The largest absolute Gasteiger partial charge is 0.469 e. The molecule has 0 saturated carbocycles. The Labute approximate surface area is 89.2 Å². The minimum atomic E-state index is -2.97. The first kappa shape index (κ1) is 12.3. The summed E-state index contributed by atoms with van der Waals surface area (Å²) in [6.07, 6.45) is -2.55. The van der Waals surface area contributed by atoms with Crippen LogP contribution >= 0.6 is 0 Å². The molecule has 0 aliphatic rings. The number of carbonyl (C=O) groups excluding carboxylic acids is 1. The second-order valence-corrected chi connectivity index (χ2v) is 2.96. The van der Waals surface area contributed by atoms with Gasteiger partial charge >= 0.3 is 5.97 Å². The first-order chi connectivity index (χ1) is 7.47. The molecule has 0 bridgehead atoms. The predicted octanol–water partition coefficient (Wildman–Crippen LogP) is 1.46. The molecular weight excluding hydrogens is 225 g/mol. The van der Waals surface area contributed by atoms with E-state index in [4.69, 9.17) is 5.73 Å². The molecule has 0 saturated heterocycles. The summed E-state index contributed by atoms with van der Waals surface area (Å²) in [5, 5.41) is 0. The van der Waals surface area contributed by atoms with Crippen LogP contribution in [0.3, 0.4) is 0 Å². The van der Waals surface area contributed by atoms with Crippen LogP contribution in [-0.2, 0) is 16.0 Å². The SMILES string of the molecule is COC(=O)Cc1cnc(F)c(N)c1C(F)F. The number of ether oxygens (including phenoxy) is 1. The number of carbonyl (C=O) groups is 1. The van der Waals surface area contributed by atoms with Gasteiger partial charge in [-0.1, -0.05) is 0 Å². The number of anilines is 1. The van der Waals surface area contributed by atoms with Crippen molar-refractivity contribution in [2.45, 2.75) is 12.8 Å². The summed E-state index contributed by atoms with van der Waals surface area (Å²) in [6, 6.07) is 0. The molecule has 0 aliphatic carbocycles. The van der Waals surface area contributed by atoms with Gasteiger partial charge in [0.2, 0.25) is 5.95 Å². The number of hydrogen-bond acceptors (Lipinski definition) is 4. The van der Waals surface area contributed by atoms with E-state index in [1.54, 1.807) is 0 Å². The minimum Gasteiger partial charge on any atom is -0.469 e. The van der Waals surface area contributed by atoms with E-state index >= 15 is 0 Å². The molecule has 1 aromatic heterocycles. The van der Waals surface area contributed by atoms with Gasteiger partial charge < -0.3 is 10.5 Å². The molecule has 16 heavy (non-hydrogen) atoms. The van der Waals surface area contributed by atoms with Gasteiger partial charge in [0, 0.05) is 6.20 Å². The average molecular weight is 234 g/mol. The number of alkyl halides is 2. The Bertz CT molecular complexity index is 410. The number of halogens is 3. The van der Waals surface area contributed by atoms with Crippen LogP contribution < -0.4 is 5.73 Å². The van der Waals surface area contributed by atoms with Crippen molar-refractivity contribution in [3.05, 3.63) is 23.3 Å². The van der Waals surface area contributed by atoms with Crippen molar-refractivity contribution >= 4 is 11.7 Å². The lowest BCUT2D eigenvalue weighted by Crippen LogP contribution is -2.11. The number of pyridine rings is 1. The van der Waals surface area contributed by atoms with Crippen LogP contribution in [0.4, 0.5) is 18.9 Å². The first-order valence-corrected chi connectivity index (χ1v) is 4.25. The number of nitrogens with two attached hydrogens (primary N) is 1. The lowest BCUT2D eigenvalue weighted by molar-refractivity contribution is -0.139. The highest BCUT2D eigenvalue weighted by atomic mass is 19.3. The molecule has 0 fully saturated rings. The van der Waals surface area contributed by atoms with E-state index in [1.165, 1.54) is 0 Å². The van der Waals surface area contributed by atoms with Crippen LogP contribution in [0.2, 0.25) is 0 Å². The number of nitrogens with zero attached hydrogens (tertiary/aromatic N) is 1. The van der Waals surface area contributed by atoms with Crippen LogP contribution in [0.25, 0.3) is 0 Å². The molecule has 0 unspecified atom stereocenters. The van der Waals surface area contributed by atoms with Gasteiger partial charge in [-0.2, -0.15) is 4.39 Å². The summed E-state index contributed by atoms with van der Waals surface area (Å²) in [5.74, 6) is -1.90. The van der Waals surface area contributed by atoms with Gasteiger partial charge in [-0.3, -0.25) is 4.79 Å². The van der Waals surface area contributed by atoms with Crippen LogP contribution in [0.5, 0.6) is 0 Å². The van der Waals surface area contributed by atoms with E-state index in [0.717, 1.165) is 13.3 Å². The molecule has 7 heteroatoms. The quantitative estimate of drug-likeness (QED) is 0.635. The van der Waals surface area contributed by atoms with E-state index in [-0.39, 0.29) is 5.56 Å². The number of nitrogen functional groups attached to an aromatic ring is 1. The molecule has 4 nitrogen and oxygen atoms in total. The van der Waals surface area contributed by atoms with E-state index in [1.807, 2.05) is 0 Å². The molecule has 0 aromatic carbocycles. The van der Waals surface area contributed by atoms with Crippen molar-refractivity contribution in [2.24, 2.45) is 0 Å². The monoisotopic (exact) mass is 234 g/mol. The Kier molecular flexibility index (Phi) is 3.70. The molecule has 2 N–H and O–H groups in total.